The molecule has 0 aliphatic rings. The molecular formula is C19H30O3. The van der Waals surface area contributed by atoms with Gasteiger partial charge in [-0.1, -0.05) is 38.5 Å². The van der Waals surface area contributed by atoms with Crippen LogP contribution in [0.25, 0.3) is 0 Å². The Kier molecular flexibility index (Phi) is 8.21. The first-order valence-corrected chi connectivity index (χ1v) is 8.03. The Morgan fingerprint density at radius 3 is 2.27 bits per heavy atom. The lowest BCUT2D eigenvalue weighted by atomic mass is 9.89. The number of hydrogen-bond acceptors (Lipinski definition) is 3. The molecule has 0 spiro atoms. The van der Waals surface area contributed by atoms with Crippen molar-refractivity contribution in [3.63, 3.8) is 0 Å². The minimum absolute atomic E-state index is 0.0196. The smallest absolute Gasteiger partial charge is 0.118 e. The molecule has 3 heteroatoms. The van der Waals surface area contributed by atoms with Crippen molar-refractivity contribution < 1.29 is 14.6 Å². The fraction of sp³-hybridized carbons (Fsp3) is 0.579. The number of methoxy groups -OCH3 is 1. The third-order valence-electron chi connectivity index (χ3n) is 4.03. The highest BCUT2D eigenvalue weighted by Crippen LogP contribution is 2.23. The van der Waals surface area contributed by atoms with Crippen LogP contribution in [0.4, 0.5) is 0 Å². The van der Waals surface area contributed by atoms with E-state index >= 15 is 0 Å². The van der Waals surface area contributed by atoms with E-state index in [1.54, 1.807) is 13.2 Å². The number of ether oxygens (including phenoxy) is 2. The second kappa shape index (κ2) is 9.65. The standard InChI is InChI=1S/C19H30O3/c1-6-19(20)18(12-7-14(2)3)15(4)22-13-16-8-10-17(21-5)11-9-16/h6,8-11,14-15,18-20H,1,7,12-13H2,2-5H3/t15-,18-,19-/m0/s1. The summed E-state index contributed by atoms with van der Waals surface area (Å²) in [5, 5.41) is 10.2. The van der Waals surface area contributed by atoms with Crippen molar-refractivity contribution in [2.45, 2.75) is 52.4 Å². The highest BCUT2D eigenvalue weighted by molar-refractivity contribution is 5.26. The Morgan fingerprint density at radius 1 is 1.14 bits per heavy atom. The average molecular weight is 306 g/mol. The molecule has 1 rings (SSSR count). The van der Waals surface area contributed by atoms with Crippen molar-refractivity contribution in [1.82, 2.24) is 0 Å². The molecule has 0 saturated carbocycles. The summed E-state index contributed by atoms with van der Waals surface area (Å²) in [5.74, 6) is 1.54. The molecule has 1 aromatic carbocycles. The van der Waals surface area contributed by atoms with E-state index in [4.69, 9.17) is 9.47 Å². The molecule has 0 aromatic heterocycles. The number of rotatable bonds is 10. The monoisotopic (exact) mass is 306 g/mol. The first kappa shape index (κ1) is 18.7. The second-order valence-electron chi connectivity index (χ2n) is 6.23. The summed E-state index contributed by atoms with van der Waals surface area (Å²) in [6.07, 6.45) is 3.08. The van der Waals surface area contributed by atoms with Gasteiger partial charge in [0.05, 0.1) is 25.9 Å². The maximum absolute atomic E-state index is 10.2. The molecule has 3 nitrogen and oxygen atoms in total. The third kappa shape index (κ3) is 6.20. The van der Waals surface area contributed by atoms with E-state index < -0.39 is 6.10 Å². The van der Waals surface area contributed by atoms with Gasteiger partial charge in [-0.25, -0.2) is 0 Å². The molecule has 1 aromatic rings. The van der Waals surface area contributed by atoms with Crippen LogP contribution in [0.2, 0.25) is 0 Å². The minimum Gasteiger partial charge on any atom is -0.497 e. The van der Waals surface area contributed by atoms with E-state index in [-0.39, 0.29) is 12.0 Å². The summed E-state index contributed by atoms with van der Waals surface area (Å²) in [6.45, 7) is 10.7. The summed E-state index contributed by atoms with van der Waals surface area (Å²) in [4.78, 5) is 0. The molecule has 0 fully saturated rings. The van der Waals surface area contributed by atoms with Gasteiger partial charge in [-0.2, -0.15) is 0 Å². The summed E-state index contributed by atoms with van der Waals surface area (Å²) in [5.41, 5.74) is 1.10. The Labute approximate surface area is 135 Å². The molecule has 0 radical (unpaired) electrons. The van der Waals surface area contributed by atoms with Gasteiger partial charge in [0, 0.05) is 5.92 Å². The third-order valence-corrected chi connectivity index (χ3v) is 4.03. The van der Waals surface area contributed by atoms with E-state index in [1.807, 2.05) is 31.2 Å². The quantitative estimate of drug-likeness (QED) is 0.658. The van der Waals surface area contributed by atoms with Gasteiger partial charge in [0.2, 0.25) is 0 Å². The molecule has 1 N–H and O–H groups in total. The molecule has 22 heavy (non-hydrogen) atoms. The first-order chi connectivity index (χ1) is 10.5. The zero-order valence-corrected chi connectivity index (χ0v) is 14.3. The van der Waals surface area contributed by atoms with Crippen LogP contribution in [0.5, 0.6) is 5.75 Å². The van der Waals surface area contributed by atoms with Crippen LogP contribution in [0.1, 0.15) is 39.2 Å². The molecule has 3 atom stereocenters. The van der Waals surface area contributed by atoms with Crippen molar-refractivity contribution in [2.24, 2.45) is 11.8 Å². The van der Waals surface area contributed by atoms with Crippen LogP contribution in [-0.4, -0.2) is 24.4 Å². The van der Waals surface area contributed by atoms with Crippen LogP contribution in [-0.2, 0) is 11.3 Å². The lowest BCUT2D eigenvalue weighted by Gasteiger charge is -2.27. The van der Waals surface area contributed by atoms with E-state index in [1.165, 1.54) is 0 Å². The predicted molar refractivity (Wildman–Crippen MR) is 91.0 cm³/mol. The maximum atomic E-state index is 10.2. The van der Waals surface area contributed by atoms with Gasteiger partial charge in [-0.3, -0.25) is 0 Å². The molecule has 0 aliphatic carbocycles. The highest BCUT2D eigenvalue weighted by atomic mass is 16.5. The molecule has 0 bridgehead atoms. The Hall–Kier alpha value is -1.32. The SMILES string of the molecule is C=C[C@H](O)[C@@H](CCC(C)C)[C@H](C)OCc1ccc(OC)cc1. The van der Waals surface area contributed by atoms with Crippen LogP contribution in [0.3, 0.4) is 0 Å². The fourth-order valence-corrected chi connectivity index (χ4v) is 2.46. The topological polar surface area (TPSA) is 38.7 Å². The highest BCUT2D eigenvalue weighted by Gasteiger charge is 2.24. The molecular weight excluding hydrogens is 276 g/mol. The Balaban J connectivity index is 2.57. The van der Waals surface area contributed by atoms with E-state index in [0.717, 1.165) is 24.2 Å². The maximum Gasteiger partial charge on any atom is 0.118 e. The molecule has 0 saturated heterocycles. The van der Waals surface area contributed by atoms with Gasteiger partial charge in [-0.05, 0) is 37.0 Å². The fourth-order valence-electron chi connectivity index (χ4n) is 2.46. The van der Waals surface area contributed by atoms with Crippen LogP contribution >= 0.6 is 0 Å². The van der Waals surface area contributed by atoms with Gasteiger partial charge in [-0.15, -0.1) is 6.58 Å². The summed E-state index contributed by atoms with van der Waals surface area (Å²) in [7, 11) is 1.66. The Morgan fingerprint density at radius 2 is 1.77 bits per heavy atom. The van der Waals surface area contributed by atoms with Gasteiger partial charge >= 0.3 is 0 Å². The van der Waals surface area contributed by atoms with Crippen LogP contribution in [0.15, 0.2) is 36.9 Å². The average Bonchev–Trinajstić information content (AvgIpc) is 2.52. The lowest BCUT2D eigenvalue weighted by Crippen LogP contribution is -2.31. The van der Waals surface area contributed by atoms with Crippen LogP contribution in [0, 0.1) is 11.8 Å². The Bertz CT molecular complexity index is 425. The largest absolute Gasteiger partial charge is 0.497 e. The zero-order valence-electron chi connectivity index (χ0n) is 14.3. The first-order valence-electron chi connectivity index (χ1n) is 8.03. The lowest BCUT2D eigenvalue weighted by molar-refractivity contribution is -0.0265. The van der Waals surface area contributed by atoms with Gasteiger partial charge in [0.15, 0.2) is 0 Å². The molecule has 0 heterocycles. The molecule has 0 unspecified atom stereocenters. The van der Waals surface area contributed by atoms with E-state index in [0.29, 0.717) is 12.5 Å². The summed E-state index contributed by atoms with van der Waals surface area (Å²) in [6, 6.07) is 7.85. The van der Waals surface area contributed by atoms with Crippen molar-refractivity contribution in [2.75, 3.05) is 7.11 Å². The number of aliphatic hydroxyl groups excluding tert-OH is 1. The van der Waals surface area contributed by atoms with Crippen molar-refractivity contribution >= 4 is 0 Å². The number of aliphatic hydroxyl groups is 1. The number of benzene rings is 1. The van der Waals surface area contributed by atoms with Gasteiger partial charge in [0.25, 0.3) is 0 Å². The van der Waals surface area contributed by atoms with Gasteiger partial charge in [0.1, 0.15) is 5.75 Å². The number of hydrogen-bond donors (Lipinski definition) is 1. The van der Waals surface area contributed by atoms with E-state index in [2.05, 4.69) is 20.4 Å². The normalized spacial score (nSPS) is 15.4. The van der Waals surface area contributed by atoms with Crippen molar-refractivity contribution in [1.29, 1.82) is 0 Å². The molecule has 0 aliphatic heterocycles. The van der Waals surface area contributed by atoms with Gasteiger partial charge < -0.3 is 14.6 Å². The predicted octanol–water partition coefficient (Wildman–Crippen LogP) is 4.20. The second-order valence-corrected chi connectivity index (χ2v) is 6.23. The van der Waals surface area contributed by atoms with E-state index in [9.17, 15) is 5.11 Å². The summed E-state index contributed by atoms with van der Waals surface area (Å²) < 4.78 is 11.1. The van der Waals surface area contributed by atoms with Crippen molar-refractivity contribution in [3.8, 4) is 5.75 Å². The zero-order chi connectivity index (χ0) is 16.5. The van der Waals surface area contributed by atoms with Crippen LogP contribution < -0.4 is 4.74 Å². The summed E-state index contributed by atoms with van der Waals surface area (Å²) >= 11 is 0. The van der Waals surface area contributed by atoms with Crippen molar-refractivity contribution in [3.05, 3.63) is 42.5 Å². The molecule has 0 amide bonds. The molecule has 124 valence electrons. The minimum atomic E-state index is -0.524.